The van der Waals surface area contributed by atoms with Crippen molar-refractivity contribution in [3.05, 3.63) is 29.3 Å². The van der Waals surface area contributed by atoms with Crippen LogP contribution in [0.15, 0.2) is 18.2 Å². The van der Waals surface area contributed by atoms with E-state index >= 15 is 0 Å². The molecular weight excluding hydrogens is 308 g/mol. The van der Waals surface area contributed by atoms with Crippen LogP contribution in [0.5, 0.6) is 5.75 Å². The molecule has 0 heterocycles. The van der Waals surface area contributed by atoms with E-state index in [1.807, 2.05) is 0 Å². The van der Waals surface area contributed by atoms with Crippen molar-refractivity contribution in [1.82, 2.24) is 5.32 Å². The Kier molecular flexibility index (Phi) is 4.19. The zero-order chi connectivity index (χ0) is 16.6. The van der Waals surface area contributed by atoms with Crippen LogP contribution in [0.25, 0.3) is 0 Å². The fourth-order valence-corrected chi connectivity index (χ4v) is 3.15. The second-order valence-electron chi connectivity index (χ2n) is 5.98. The maximum atomic E-state index is 12.3. The first-order chi connectivity index (χ1) is 11.0. The van der Waals surface area contributed by atoms with Gasteiger partial charge < -0.3 is 15.2 Å². The average Bonchev–Trinajstić information content (AvgIpc) is 3.27. The molecule has 23 heavy (non-hydrogen) atoms. The van der Waals surface area contributed by atoms with E-state index in [0.717, 1.165) is 30.4 Å². The molecule has 3 atom stereocenters. The summed E-state index contributed by atoms with van der Waals surface area (Å²) < 4.78 is 28.9. The number of nitrogens with one attached hydrogen (secondary N) is 1. The number of alkyl halides is 2. The summed E-state index contributed by atoms with van der Waals surface area (Å²) >= 11 is 0. The minimum absolute atomic E-state index is 0.110. The van der Waals surface area contributed by atoms with Crippen LogP contribution in [0.4, 0.5) is 8.78 Å². The summed E-state index contributed by atoms with van der Waals surface area (Å²) in [7, 11) is 0. The summed E-state index contributed by atoms with van der Waals surface area (Å²) in [5, 5.41) is 11.8. The zero-order valence-corrected chi connectivity index (χ0v) is 12.3. The minimum Gasteiger partial charge on any atom is -0.481 e. The molecule has 5 nitrogen and oxygen atoms in total. The molecule has 1 amide bonds. The number of aliphatic carboxylic acids is 1. The predicted octanol–water partition coefficient (Wildman–Crippen LogP) is 2.50. The molecule has 0 aliphatic heterocycles. The molecule has 7 heteroatoms. The van der Waals surface area contributed by atoms with E-state index in [0.29, 0.717) is 6.42 Å². The van der Waals surface area contributed by atoms with Crippen molar-refractivity contribution in [2.24, 2.45) is 11.8 Å². The van der Waals surface area contributed by atoms with Gasteiger partial charge in [0.25, 0.3) is 0 Å². The quantitative estimate of drug-likeness (QED) is 0.872. The first-order valence-corrected chi connectivity index (χ1v) is 7.56. The van der Waals surface area contributed by atoms with Crippen LogP contribution in [0.2, 0.25) is 0 Å². The van der Waals surface area contributed by atoms with Crippen LogP contribution in [0, 0.1) is 11.8 Å². The molecular formula is C16H17F2NO4. The molecule has 1 saturated carbocycles. The number of carbonyl (C=O) groups excluding carboxylic acids is 1. The van der Waals surface area contributed by atoms with Gasteiger partial charge in [0.1, 0.15) is 5.75 Å². The number of carbonyl (C=O) groups is 2. The highest BCUT2D eigenvalue weighted by Crippen LogP contribution is 2.40. The largest absolute Gasteiger partial charge is 0.481 e. The van der Waals surface area contributed by atoms with E-state index in [1.165, 1.54) is 6.07 Å². The Balaban J connectivity index is 1.69. The van der Waals surface area contributed by atoms with Crippen molar-refractivity contribution < 1.29 is 28.2 Å². The SMILES string of the molecule is O=C(O)C1CC1C(=O)NC1CCCc2cc(OC(F)F)ccc21. The third-order valence-electron chi connectivity index (χ3n) is 4.41. The number of aryl methyl sites for hydroxylation is 1. The first kappa shape index (κ1) is 15.7. The number of halogens is 2. The Morgan fingerprint density at radius 1 is 1.30 bits per heavy atom. The summed E-state index contributed by atoms with van der Waals surface area (Å²) in [6.07, 6.45) is 2.69. The van der Waals surface area contributed by atoms with E-state index in [9.17, 15) is 18.4 Å². The lowest BCUT2D eigenvalue weighted by molar-refractivity contribution is -0.140. The number of rotatable bonds is 5. The maximum Gasteiger partial charge on any atom is 0.387 e. The summed E-state index contributed by atoms with van der Waals surface area (Å²) in [6, 6.07) is 4.53. The lowest BCUT2D eigenvalue weighted by atomic mass is 9.87. The lowest BCUT2D eigenvalue weighted by Gasteiger charge is -2.27. The van der Waals surface area contributed by atoms with Gasteiger partial charge in [-0.3, -0.25) is 9.59 Å². The summed E-state index contributed by atoms with van der Waals surface area (Å²) in [6.45, 7) is -2.87. The monoisotopic (exact) mass is 325 g/mol. The van der Waals surface area contributed by atoms with Gasteiger partial charge in [0, 0.05) is 0 Å². The zero-order valence-electron chi connectivity index (χ0n) is 12.3. The van der Waals surface area contributed by atoms with Crippen molar-refractivity contribution in [3.63, 3.8) is 0 Å². The van der Waals surface area contributed by atoms with Gasteiger partial charge in [0.05, 0.1) is 17.9 Å². The Morgan fingerprint density at radius 2 is 2.09 bits per heavy atom. The van der Waals surface area contributed by atoms with Crippen LogP contribution in [0.1, 0.15) is 36.4 Å². The van der Waals surface area contributed by atoms with Gasteiger partial charge >= 0.3 is 12.6 Å². The number of amides is 1. The third-order valence-corrected chi connectivity index (χ3v) is 4.41. The number of carboxylic acids is 1. The molecule has 0 aromatic heterocycles. The van der Waals surface area contributed by atoms with Crippen molar-refractivity contribution >= 4 is 11.9 Å². The van der Waals surface area contributed by atoms with E-state index < -0.39 is 24.4 Å². The Hall–Kier alpha value is -2.18. The Morgan fingerprint density at radius 3 is 2.74 bits per heavy atom. The maximum absolute atomic E-state index is 12.3. The Labute approximate surface area is 131 Å². The molecule has 2 N–H and O–H groups in total. The van der Waals surface area contributed by atoms with Crippen LogP contribution in [-0.4, -0.2) is 23.6 Å². The van der Waals surface area contributed by atoms with E-state index in [2.05, 4.69) is 10.1 Å². The molecule has 3 rings (SSSR count). The smallest absolute Gasteiger partial charge is 0.387 e. The van der Waals surface area contributed by atoms with Gasteiger partial charge in [-0.1, -0.05) is 6.07 Å². The molecule has 0 radical (unpaired) electrons. The highest BCUT2D eigenvalue weighted by atomic mass is 19.3. The molecule has 2 aliphatic carbocycles. The highest BCUT2D eigenvalue weighted by molar-refractivity contribution is 5.89. The van der Waals surface area contributed by atoms with Crippen molar-refractivity contribution in [1.29, 1.82) is 0 Å². The van der Waals surface area contributed by atoms with Crippen molar-refractivity contribution in [2.45, 2.75) is 38.3 Å². The summed E-state index contributed by atoms with van der Waals surface area (Å²) in [4.78, 5) is 22.9. The lowest BCUT2D eigenvalue weighted by Crippen LogP contribution is -2.32. The van der Waals surface area contributed by atoms with Gasteiger partial charge in [0.15, 0.2) is 0 Å². The normalized spacial score (nSPS) is 25.6. The fraction of sp³-hybridized carbons (Fsp3) is 0.500. The standard InChI is InChI=1S/C16H17F2NO4/c17-16(18)23-9-4-5-10-8(6-9)2-1-3-13(10)19-14(20)11-7-12(11)15(21)22/h4-6,11-13,16H,1-3,7H2,(H,19,20)(H,21,22). The number of benzene rings is 1. The van der Waals surface area contributed by atoms with Gasteiger partial charge in [-0.25, -0.2) is 0 Å². The minimum atomic E-state index is -2.87. The predicted molar refractivity (Wildman–Crippen MR) is 76.1 cm³/mol. The van der Waals surface area contributed by atoms with Crippen LogP contribution >= 0.6 is 0 Å². The number of hydrogen-bond acceptors (Lipinski definition) is 3. The van der Waals surface area contributed by atoms with Gasteiger partial charge in [0.2, 0.25) is 5.91 Å². The number of ether oxygens (including phenoxy) is 1. The van der Waals surface area contributed by atoms with Gasteiger partial charge in [-0.2, -0.15) is 8.78 Å². The average molecular weight is 325 g/mol. The molecule has 0 saturated heterocycles. The second-order valence-corrected chi connectivity index (χ2v) is 5.98. The molecule has 0 spiro atoms. The van der Waals surface area contributed by atoms with E-state index in [4.69, 9.17) is 5.11 Å². The summed E-state index contributed by atoms with van der Waals surface area (Å²) in [5.74, 6) is -2.12. The first-order valence-electron chi connectivity index (χ1n) is 7.56. The molecule has 1 fully saturated rings. The topological polar surface area (TPSA) is 75.6 Å². The van der Waals surface area contributed by atoms with Crippen LogP contribution in [0.3, 0.4) is 0 Å². The van der Waals surface area contributed by atoms with Gasteiger partial charge in [-0.05, 0) is 48.9 Å². The van der Waals surface area contributed by atoms with Crippen molar-refractivity contribution in [2.75, 3.05) is 0 Å². The third kappa shape index (κ3) is 3.43. The molecule has 124 valence electrons. The second kappa shape index (κ2) is 6.14. The Bertz CT molecular complexity index is 635. The van der Waals surface area contributed by atoms with E-state index in [1.54, 1.807) is 12.1 Å². The fourth-order valence-electron chi connectivity index (χ4n) is 3.15. The van der Waals surface area contributed by atoms with E-state index in [-0.39, 0.29) is 17.7 Å². The summed E-state index contributed by atoms with van der Waals surface area (Å²) in [5.41, 5.74) is 1.77. The number of hydrogen-bond donors (Lipinski definition) is 2. The number of fused-ring (bicyclic) bond motifs is 1. The molecule has 0 bridgehead atoms. The molecule has 1 aromatic carbocycles. The molecule has 3 unspecified atom stereocenters. The van der Waals surface area contributed by atoms with Gasteiger partial charge in [-0.15, -0.1) is 0 Å². The number of carboxylic acid groups (broad SMARTS) is 1. The van der Waals surface area contributed by atoms with Crippen LogP contribution in [-0.2, 0) is 16.0 Å². The molecule has 2 aliphatic rings. The van der Waals surface area contributed by atoms with Crippen molar-refractivity contribution in [3.8, 4) is 5.75 Å². The van der Waals surface area contributed by atoms with Crippen LogP contribution < -0.4 is 10.1 Å². The molecule has 1 aromatic rings. The highest BCUT2D eigenvalue weighted by Gasteiger charge is 2.48.